The fourth-order valence-electron chi connectivity index (χ4n) is 10.3. The zero-order valence-corrected chi connectivity index (χ0v) is 67.8. The zero-order valence-electron chi connectivity index (χ0n) is 66.1. The highest BCUT2D eigenvalue weighted by molar-refractivity contribution is 7.47. The van der Waals surface area contributed by atoms with E-state index in [0.717, 1.165) is 186 Å². The van der Waals surface area contributed by atoms with Crippen LogP contribution in [0, 0.1) is 0 Å². The average Bonchev–Trinajstić information content (AvgIpc) is 0.933. The van der Waals surface area contributed by atoms with Crippen LogP contribution in [0.4, 0.5) is 0 Å². The summed E-state index contributed by atoms with van der Waals surface area (Å²) in [5.41, 5.74) is 0. The SMILES string of the molecule is CC/C=C\C/C=C\C/C=C\C/C=C\C/C=C\CCCCCC(=O)OCC(COP(=O)(O)OCC(O)COP(=O)(O)OCC(COC(=O)CCCCC/C=C\C/C=C\C/C=C\C/C=C\C/C=C\CC)OC(=O)CCCCCCC/C=C\CCCCCC)OC(=O)CCCCCCC/C=C\C/C=C\CCCCC. The van der Waals surface area contributed by atoms with Crippen LogP contribution in [0.2, 0.25) is 0 Å². The average molecular weight is 1520 g/mol. The number of carbonyl (C=O) groups excluding carboxylic acids is 4. The van der Waals surface area contributed by atoms with E-state index in [2.05, 4.69) is 186 Å². The van der Waals surface area contributed by atoms with E-state index < -0.39 is 97.5 Å². The van der Waals surface area contributed by atoms with E-state index in [1.54, 1.807) is 0 Å². The number of aliphatic hydroxyl groups is 1. The summed E-state index contributed by atoms with van der Waals surface area (Å²) in [6.07, 6.45) is 90.7. The Kier molecular flexibility index (Phi) is 73.9. The van der Waals surface area contributed by atoms with E-state index in [0.29, 0.717) is 25.7 Å². The van der Waals surface area contributed by atoms with Gasteiger partial charge in [0, 0.05) is 25.7 Å². The van der Waals surface area contributed by atoms with E-state index in [1.807, 2.05) is 0 Å². The van der Waals surface area contributed by atoms with Crippen molar-refractivity contribution in [3.05, 3.63) is 158 Å². The maximum absolute atomic E-state index is 13.1. The van der Waals surface area contributed by atoms with E-state index in [9.17, 15) is 43.2 Å². The van der Waals surface area contributed by atoms with Gasteiger partial charge < -0.3 is 33.8 Å². The minimum Gasteiger partial charge on any atom is -0.462 e. The molecular formula is C87H144O17P2. The number of rotatable bonds is 75. The molecule has 106 heavy (non-hydrogen) atoms. The lowest BCUT2D eigenvalue weighted by molar-refractivity contribution is -0.161. The topological polar surface area (TPSA) is 237 Å². The second-order valence-corrected chi connectivity index (χ2v) is 29.5. The molecule has 0 aromatic heterocycles. The van der Waals surface area contributed by atoms with Gasteiger partial charge in [0.05, 0.1) is 26.4 Å². The van der Waals surface area contributed by atoms with Crippen molar-refractivity contribution in [3.63, 3.8) is 0 Å². The number of allylic oxidation sites excluding steroid dienone is 26. The number of unbranched alkanes of at least 4 members (excludes halogenated alkanes) is 23. The minimum absolute atomic E-state index is 0.0659. The van der Waals surface area contributed by atoms with Gasteiger partial charge in [-0.25, -0.2) is 9.13 Å². The Bertz CT molecular complexity index is 2630. The van der Waals surface area contributed by atoms with Crippen LogP contribution in [-0.4, -0.2) is 96.7 Å². The lowest BCUT2D eigenvalue weighted by Crippen LogP contribution is -2.30. The Labute approximate surface area is 642 Å². The zero-order chi connectivity index (χ0) is 77.4. The Balaban J connectivity index is 5.43. The van der Waals surface area contributed by atoms with Crippen molar-refractivity contribution in [1.82, 2.24) is 0 Å². The standard InChI is InChI=1S/C87H144O17P2/c1-5-9-13-17-21-25-29-33-36-38-40-42-45-48-51-55-59-63-67-71-84(89)97-77-82(103-86(91)73-69-65-61-57-53-47-32-28-24-20-16-12-8-4)79-101-105(93,94)99-75-81(88)76-100-106(95,96)102-80-83(104-87(92)74-70-66-62-58-54-50-44-35-31-27-23-19-15-11-7-3)78-98-85(90)72-68-64-60-56-52-49-46-43-41-39-37-34-30-26-22-18-14-10-6-2/h9-10,13-14,21-23,25-28,32-37,40-44,48-49,51-52,81-83,88H,5-8,11-12,15-20,24,29-31,38-39,45-47,50,53-80H2,1-4H3,(H,93,94)(H,95,96)/b13-9-,14-10-,25-21-,26-22-,27-23-,32-28-,36-33-,37-34-,42-40-,43-41-,44-35-,51-48-,52-49-. The third kappa shape index (κ3) is 76.9. The minimum atomic E-state index is -5.00. The molecule has 604 valence electrons. The van der Waals surface area contributed by atoms with Gasteiger partial charge in [0.15, 0.2) is 12.2 Å². The van der Waals surface area contributed by atoms with Crippen LogP contribution in [0.25, 0.3) is 0 Å². The molecule has 3 N–H and O–H groups in total. The molecule has 0 radical (unpaired) electrons. The van der Waals surface area contributed by atoms with Crippen molar-refractivity contribution in [2.45, 2.75) is 329 Å². The van der Waals surface area contributed by atoms with Crippen molar-refractivity contribution in [1.29, 1.82) is 0 Å². The molecule has 0 aromatic rings. The number of ether oxygens (including phenoxy) is 4. The van der Waals surface area contributed by atoms with Gasteiger partial charge in [0.25, 0.3) is 0 Å². The molecule has 5 atom stereocenters. The fraction of sp³-hybridized carbons (Fsp3) is 0.655. The first-order valence-electron chi connectivity index (χ1n) is 40.7. The second-order valence-electron chi connectivity index (χ2n) is 26.6. The van der Waals surface area contributed by atoms with Crippen LogP contribution < -0.4 is 0 Å². The summed E-state index contributed by atoms with van der Waals surface area (Å²) in [5, 5.41) is 10.6. The van der Waals surface area contributed by atoms with Crippen LogP contribution in [0.1, 0.15) is 310 Å². The number of hydrogen-bond acceptors (Lipinski definition) is 15. The third-order valence-corrected chi connectivity index (χ3v) is 18.4. The molecule has 19 heteroatoms. The summed E-state index contributed by atoms with van der Waals surface area (Å²) >= 11 is 0. The quantitative estimate of drug-likeness (QED) is 0.0169. The van der Waals surface area contributed by atoms with Crippen molar-refractivity contribution in [2.75, 3.05) is 39.6 Å². The number of aliphatic hydroxyl groups excluding tert-OH is 1. The van der Waals surface area contributed by atoms with Crippen molar-refractivity contribution in [2.24, 2.45) is 0 Å². The lowest BCUT2D eigenvalue weighted by atomic mass is 10.1. The fourth-order valence-corrected chi connectivity index (χ4v) is 11.9. The first kappa shape index (κ1) is 101. The molecule has 5 unspecified atom stereocenters. The van der Waals surface area contributed by atoms with Gasteiger partial charge in [-0.15, -0.1) is 0 Å². The summed E-state index contributed by atoms with van der Waals surface area (Å²) < 4.78 is 68.6. The molecule has 17 nitrogen and oxygen atoms in total. The highest BCUT2D eigenvalue weighted by Crippen LogP contribution is 2.45. The molecule has 0 bridgehead atoms. The molecule has 0 spiro atoms. The van der Waals surface area contributed by atoms with E-state index in [4.69, 9.17) is 37.0 Å². The van der Waals surface area contributed by atoms with Crippen LogP contribution >= 0.6 is 15.6 Å². The van der Waals surface area contributed by atoms with E-state index in [-0.39, 0.29) is 25.7 Å². The maximum Gasteiger partial charge on any atom is 0.472 e. The van der Waals surface area contributed by atoms with E-state index in [1.165, 1.54) is 44.9 Å². The van der Waals surface area contributed by atoms with Gasteiger partial charge in [0.2, 0.25) is 0 Å². The predicted octanol–water partition coefficient (Wildman–Crippen LogP) is 24.0. The maximum atomic E-state index is 13.1. The number of esters is 4. The van der Waals surface area contributed by atoms with Crippen LogP contribution in [-0.2, 0) is 65.4 Å². The summed E-state index contributed by atoms with van der Waals surface area (Å²) in [5.74, 6) is -2.28. The van der Waals surface area contributed by atoms with Crippen molar-refractivity contribution >= 4 is 39.5 Å². The number of hydrogen-bond donors (Lipinski definition) is 3. The van der Waals surface area contributed by atoms with Crippen molar-refractivity contribution < 1.29 is 80.2 Å². The molecule has 0 aromatic carbocycles. The third-order valence-electron chi connectivity index (χ3n) is 16.5. The van der Waals surface area contributed by atoms with Gasteiger partial charge in [-0.1, -0.05) is 269 Å². The largest absolute Gasteiger partial charge is 0.472 e. The molecule has 0 amide bonds. The van der Waals surface area contributed by atoms with Gasteiger partial charge in [0.1, 0.15) is 19.3 Å². The first-order chi connectivity index (χ1) is 51.7. The highest BCUT2D eigenvalue weighted by atomic mass is 31.2. The van der Waals surface area contributed by atoms with E-state index >= 15 is 0 Å². The molecule has 0 rings (SSSR count). The van der Waals surface area contributed by atoms with Crippen LogP contribution in [0.5, 0.6) is 0 Å². The Morgan fingerprint density at radius 1 is 0.274 bits per heavy atom. The lowest BCUT2D eigenvalue weighted by Gasteiger charge is -2.21. The highest BCUT2D eigenvalue weighted by Gasteiger charge is 2.30. The summed E-state index contributed by atoms with van der Waals surface area (Å²) in [7, 11) is -9.99. The van der Waals surface area contributed by atoms with Crippen LogP contribution in [0.3, 0.4) is 0 Å². The van der Waals surface area contributed by atoms with Gasteiger partial charge >= 0.3 is 39.5 Å². The summed E-state index contributed by atoms with van der Waals surface area (Å²) in [6.45, 7) is 4.51. The molecular weight excluding hydrogens is 1380 g/mol. The molecule has 0 fully saturated rings. The van der Waals surface area contributed by atoms with Gasteiger partial charge in [-0.05, 0) is 173 Å². The Morgan fingerprint density at radius 2 is 0.491 bits per heavy atom. The summed E-state index contributed by atoms with van der Waals surface area (Å²) in [4.78, 5) is 73.1. The normalized spacial score (nSPS) is 14.7. The van der Waals surface area contributed by atoms with Crippen molar-refractivity contribution in [3.8, 4) is 0 Å². The number of carbonyl (C=O) groups is 4. The predicted molar refractivity (Wildman–Crippen MR) is 436 cm³/mol. The Morgan fingerprint density at radius 3 is 0.792 bits per heavy atom. The molecule has 0 saturated carbocycles. The van der Waals surface area contributed by atoms with Gasteiger partial charge in [-0.3, -0.25) is 37.3 Å². The van der Waals surface area contributed by atoms with Gasteiger partial charge in [-0.2, -0.15) is 0 Å². The summed E-state index contributed by atoms with van der Waals surface area (Å²) in [6, 6.07) is 0. The van der Waals surface area contributed by atoms with Crippen LogP contribution in [0.15, 0.2) is 158 Å². The Hall–Kier alpha value is -5.32. The molecule has 0 aliphatic heterocycles. The molecule has 0 aliphatic carbocycles. The monoisotopic (exact) mass is 1520 g/mol. The first-order valence-corrected chi connectivity index (χ1v) is 43.7. The molecule has 0 aliphatic rings. The smallest absolute Gasteiger partial charge is 0.462 e. The molecule has 0 saturated heterocycles. The second kappa shape index (κ2) is 77.8. The molecule has 0 heterocycles. The number of phosphoric ester groups is 2. The number of phosphoric acid groups is 2.